The number of pyridine rings is 1. The Balaban J connectivity index is 1.67. The maximum Gasteiger partial charge on any atom is 0.433 e. The summed E-state index contributed by atoms with van der Waals surface area (Å²) in [6.45, 7) is 1.65. The van der Waals surface area contributed by atoms with Gasteiger partial charge < -0.3 is 14.9 Å². The first-order chi connectivity index (χ1) is 12.7. The number of nitrogens with zero attached hydrogens (tertiary/aromatic N) is 3. The van der Waals surface area contributed by atoms with Gasteiger partial charge in [-0.1, -0.05) is 5.16 Å². The number of aliphatic hydroxyl groups is 1. The van der Waals surface area contributed by atoms with Gasteiger partial charge in [-0.3, -0.25) is 9.78 Å². The van der Waals surface area contributed by atoms with Crippen LogP contribution in [0.2, 0.25) is 0 Å². The van der Waals surface area contributed by atoms with E-state index in [1.165, 1.54) is 6.07 Å². The van der Waals surface area contributed by atoms with Crippen molar-refractivity contribution in [2.24, 2.45) is 5.92 Å². The van der Waals surface area contributed by atoms with Crippen molar-refractivity contribution in [1.82, 2.24) is 20.4 Å². The zero-order chi connectivity index (χ0) is 19.6. The van der Waals surface area contributed by atoms with E-state index < -0.39 is 17.9 Å². The van der Waals surface area contributed by atoms with Gasteiger partial charge in [0.1, 0.15) is 11.7 Å². The van der Waals surface area contributed by atoms with Gasteiger partial charge in [0.15, 0.2) is 0 Å². The van der Waals surface area contributed by atoms with Crippen LogP contribution in [0.15, 0.2) is 22.9 Å². The highest BCUT2D eigenvalue weighted by atomic mass is 19.4. The number of rotatable bonds is 4. The molecule has 1 aliphatic rings. The normalized spacial score (nSPS) is 21.7. The lowest BCUT2D eigenvalue weighted by Crippen LogP contribution is -2.35. The molecule has 2 heterocycles. The topological polar surface area (TPSA) is 101 Å². The second-order valence-corrected chi connectivity index (χ2v) is 6.62. The number of hydrogen-bond acceptors (Lipinski definition) is 6. The summed E-state index contributed by atoms with van der Waals surface area (Å²) in [5.74, 6) is -0.274. The average molecular weight is 384 g/mol. The van der Waals surface area contributed by atoms with E-state index in [9.17, 15) is 23.1 Å². The zero-order valence-electron chi connectivity index (χ0n) is 14.5. The van der Waals surface area contributed by atoms with Crippen molar-refractivity contribution in [1.29, 1.82) is 0 Å². The third-order valence-electron chi connectivity index (χ3n) is 4.55. The molecule has 1 fully saturated rings. The van der Waals surface area contributed by atoms with Crippen molar-refractivity contribution in [3.8, 4) is 11.4 Å². The molecule has 1 amide bonds. The summed E-state index contributed by atoms with van der Waals surface area (Å²) in [6, 6.07) is 1.60. The van der Waals surface area contributed by atoms with Crippen molar-refractivity contribution in [3.63, 3.8) is 0 Å². The standard InChI is InChI=1S/C17H19F3N4O3/c1-9(22-15(26)10-2-4-12(25)5-3-10)16-23-14(24-27-16)11-6-7-21-13(8-11)17(18,19)20/h6-10,12,25H,2-5H2,1H3,(H,22,26). The lowest BCUT2D eigenvalue weighted by atomic mass is 9.87. The first kappa shape index (κ1) is 19.3. The monoisotopic (exact) mass is 384 g/mol. The Morgan fingerprint density at radius 3 is 2.70 bits per heavy atom. The fraction of sp³-hybridized carbons (Fsp3) is 0.529. The molecule has 1 aliphatic carbocycles. The number of amides is 1. The van der Waals surface area contributed by atoms with Gasteiger partial charge in [-0.2, -0.15) is 18.2 Å². The molecule has 0 aliphatic heterocycles. The maximum absolute atomic E-state index is 12.8. The SMILES string of the molecule is CC(NC(=O)C1CCC(O)CC1)c1nc(-c2ccnc(C(F)(F)F)c2)no1. The number of alkyl halides is 3. The van der Waals surface area contributed by atoms with E-state index in [1.54, 1.807) is 6.92 Å². The summed E-state index contributed by atoms with van der Waals surface area (Å²) >= 11 is 0. The third kappa shape index (κ3) is 4.62. The average Bonchev–Trinajstić information content (AvgIpc) is 3.12. The number of carbonyl (C=O) groups excluding carboxylic acids is 1. The van der Waals surface area contributed by atoms with Crippen molar-refractivity contribution in [2.75, 3.05) is 0 Å². The second-order valence-electron chi connectivity index (χ2n) is 6.62. The van der Waals surface area contributed by atoms with E-state index in [2.05, 4.69) is 20.4 Å². The lowest BCUT2D eigenvalue weighted by Gasteiger charge is -2.25. The van der Waals surface area contributed by atoms with E-state index >= 15 is 0 Å². The number of hydrogen-bond donors (Lipinski definition) is 2. The highest BCUT2D eigenvalue weighted by molar-refractivity contribution is 5.79. The Morgan fingerprint density at radius 1 is 1.33 bits per heavy atom. The fourth-order valence-corrected chi connectivity index (χ4v) is 2.98. The Labute approximate surface area is 153 Å². The molecule has 0 aromatic carbocycles. The summed E-state index contributed by atoms with van der Waals surface area (Å²) in [4.78, 5) is 19.7. The van der Waals surface area contributed by atoms with Gasteiger partial charge in [-0.15, -0.1) is 0 Å². The number of aromatic nitrogens is 3. The Kier molecular flexibility index (Phi) is 5.45. The first-order valence-corrected chi connectivity index (χ1v) is 8.59. The molecule has 7 nitrogen and oxygen atoms in total. The number of nitrogens with one attached hydrogen (secondary N) is 1. The first-order valence-electron chi connectivity index (χ1n) is 8.59. The van der Waals surface area contributed by atoms with Crippen molar-refractivity contribution >= 4 is 5.91 Å². The minimum absolute atomic E-state index is 0.0141. The van der Waals surface area contributed by atoms with Crippen molar-refractivity contribution < 1.29 is 27.6 Å². The molecule has 27 heavy (non-hydrogen) atoms. The molecule has 0 saturated heterocycles. The van der Waals surface area contributed by atoms with Gasteiger partial charge >= 0.3 is 6.18 Å². The highest BCUT2D eigenvalue weighted by Crippen LogP contribution is 2.30. The van der Waals surface area contributed by atoms with Crippen LogP contribution in [-0.4, -0.2) is 32.2 Å². The van der Waals surface area contributed by atoms with Gasteiger partial charge in [0.25, 0.3) is 0 Å². The molecule has 0 bridgehead atoms. The van der Waals surface area contributed by atoms with E-state index in [4.69, 9.17) is 4.52 Å². The van der Waals surface area contributed by atoms with Crippen molar-refractivity contribution in [3.05, 3.63) is 29.9 Å². The minimum atomic E-state index is -4.57. The summed E-state index contributed by atoms with van der Waals surface area (Å²) in [5, 5.41) is 16.0. The van der Waals surface area contributed by atoms with Crippen molar-refractivity contribution in [2.45, 2.75) is 50.9 Å². The molecule has 0 spiro atoms. The predicted octanol–water partition coefficient (Wildman–Crippen LogP) is 2.88. The smallest absolute Gasteiger partial charge is 0.393 e. The van der Waals surface area contributed by atoms with Crippen LogP contribution in [0.25, 0.3) is 11.4 Å². The molecule has 2 aromatic rings. The van der Waals surface area contributed by atoms with Crippen LogP contribution in [0.4, 0.5) is 13.2 Å². The third-order valence-corrected chi connectivity index (χ3v) is 4.55. The number of carbonyl (C=O) groups is 1. The van der Waals surface area contributed by atoms with Gasteiger partial charge in [0.2, 0.25) is 17.6 Å². The number of halogens is 3. The molecule has 3 rings (SSSR count). The molecule has 10 heteroatoms. The molecule has 0 radical (unpaired) electrons. The summed E-state index contributed by atoms with van der Waals surface area (Å²) < 4.78 is 43.4. The number of aliphatic hydroxyl groups excluding tert-OH is 1. The molecule has 2 aromatic heterocycles. The van der Waals surface area contributed by atoms with Gasteiger partial charge in [0, 0.05) is 17.7 Å². The van der Waals surface area contributed by atoms with Gasteiger partial charge in [-0.25, -0.2) is 0 Å². The highest BCUT2D eigenvalue weighted by Gasteiger charge is 2.33. The van der Waals surface area contributed by atoms with Gasteiger partial charge in [-0.05, 0) is 44.7 Å². The van der Waals surface area contributed by atoms with Crippen LogP contribution in [-0.2, 0) is 11.0 Å². The van der Waals surface area contributed by atoms with E-state index in [0.29, 0.717) is 25.7 Å². The Bertz CT molecular complexity index is 801. The molecule has 1 atom stereocenters. The van der Waals surface area contributed by atoms with Crippen LogP contribution in [0, 0.1) is 5.92 Å². The Hall–Kier alpha value is -2.49. The molecular weight excluding hydrogens is 365 g/mol. The quantitative estimate of drug-likeness (QED) is 0.841. The van der Waals surface area contributed by atoms with E-state index in [-0.39, 0.29) is 35.2 Å². The summed E-state index contributed by atoms with van der Waals surface area (Å²) in [7, 11) is 0. The second kappa shape index (κ2) is 7.63. The van der Waals surface area contributed by atoms with Crippen LogP contribution in [0.3, 0.4) is 0 Å². The van der Waals surface area contributed by atoms with Crippen LogP contribution in [0.1, 0.15) is 50.2 Å². The lowest BCUT2D eigenvalue weighted by molar-refractivity contribution is -0.141. The van der Waals surface area contributed by atoms with E-state index in [0.717, 1.165) is 12.3 Å². The molecule has 146 valence electrons. The predicted molar refractivity (Wildman–Crippen MR) is 87.1 cm³/mol. The molecule has 1 unspecified atom stereocenters. The summed E-state index contributed by atoms with van der Waals surface area (Å²) in [6.07, 6.45) is -1.53. The molecular formula is C17H19F3N4O3. The largest absolute Gasteiger partial charge is 0.433 e. The molecule has 1 saturated carbocycles. The fourth-order valence-electron chi connectivity index (χ4n) is 2.98. The minimum Gasteiger partial charge on any atom is -0.393 e. The van der Waals surface area contributed by atoms with Crippen LogP contribution in [0.5, 0.6) is 0 Å². The van der Waals surface area contributed by atoms with Crippen LogP contribution < -0.4 is 5.32 Å². The molecule has 2 N–H and O–H groups in total. The van der Waals surface area contributed by atoms with Gasteiger partial charge in [0.05, 0.1) is 6.10 Å². The Morgan fingerprint density at radius 2 is 2.04 bits per heavy atom. The van der Waals surface area contributed by atoms with E-state index in [1.807, 2.05) is 0 Å². The summed E-state index contributed by atoms with van der Waals surface area (Å²) in [5.41, 5.74) is -0.931. The van der Waals surface area contributed by atoms with Crippen LogP contribution >= 0.6 is 0 Å². The zero-order valence-corrected chi connectivity index (χ0v) is 14.5. The maximum atomic E-state index is 12.8.